The molecule has 0 amide bonds. The largest absolute Gasteiger partial charge is 0.376 e. The van der Waals surface area contributed by atoms with E-state index in [1.165, 1.54) is 11.1 Å². The van der Waals surface area contributed by atoms with Gasteiger partial charge < -0.3 is 24.8 Å². The van der Waals surface area contributed by atoms with Gasteiger partial charge in [0.05, 0.1) is 13.2 Å². The SMILES string of the molecule is CN=C(NCc1cccnc1N1CCN(C)CC1)N1CCC(COCc2ccccc2)C1.I. The van der Waals surface area contributed by atoms with Crippen molar-refractivity contribution >= 4 is 35.8 Å². The second-order valence-electron chi connectivity index (χ2n) is 8.78. The van der Waals surface area contributed by atoms with E-state index in [9.17, 15) is 0 Å². The number of halogens is 1. The zero-order valence-electron chi connectivity index (χ0n) is 19.8. The van der Waals surface area contributed by atoms with Crippen LogP contribution >= 0.6 is 24.0 Å². The molecule has 180 valence electrons. The van der Waals surface area contributed by atoms with Gasteiger partial charge in [-0.1, -0.05) is 36.4 Å². The maximum Gasteiger partial charge on any atom is 0.193 e. The van der Waals surface area contributed by atoms with Gasteiger partial charge in [0.15, 0.2) is 5.96 Å². The van der Waals surface area contributed by atoms with E-state index in [2.05, 4.69) is 62.4 Å². The van der Waals surface area contributed by atoms with Crippen LogP contribution in [0.2, 0.25) is 0 Å². The van der Waals surface area contributed by atoms with Gasteiger partial charge in [-0.3, -0.25) is 4.99 Å². The van der Waals surface area contributed by atoms with Crippen LogP contribution in [-0.2, 0) is 17.9 Å². The lowest BCUT2D eigenvalue weighted by Gasteiger charge is -2.34. The molecule has 3 heterocycles. The quantitative estimate of drug-likeness (QED) is 0.317. The second-order valence-corrected chi connectivity index (χ2v) is 8.78. The molecule has 0 bridgehead atoms. The minimum Gasteiger partial charge on any atom is -0.376 e. The van der Waals surface area contributed by atoms with Gasteiger partial charge in [-0.2, -0.15) is 0 Å². The van der Waals surface area contributed by atoms with Crippen molar-refractivity contribution < 1.29 is 4.74 Å². The lowest BCUT2D eigenvalue weighted by molar-refractivity contribution is 0.0906. The van der Waals surface area contributed by atoms with Gasteiger partial charge >= 0.3 is 0 Å². The molecule has 8 heteroatoms. The first-order chi connectivity index (χ1) is 15.7. The van der Waals surface area contributed by atoms with Crippen molar-refractivity contribution in [2.45, 2.75) is 19.6 Å². The lowest BCUT2D eigenvalue weighted by Crippen LogP contribution is -2.45. The number of rotatable bonds is 7. The van der Waals surface area contributed by atoms with E-state index in [4.69, 9.17) is 9.72 Å². The molecule has 0 aliphatic carbocycles. The summed E-state index contributed by atoms with van der Waals surface area (Å²) in [6, 6.07) is 14.6. The van der Waals surface area contributed by atoms with Crippen molar-refractivity contribution in [3.8, 4) is 0 Å². The van der Waals surface area contributed by atoms with Crippen molar-refractivity contribution in [3.05, 3.63) is 59.8 Å². The molecule has 1 N–H and O–H groups in total. The van der Waals surface area contributed by atoms with E-state index in [0.717, 1.165) is 70.6 Å². The zero-order chi connectivity index (χ0) is 22.2. The van der Waals surface area contributed by atoms with Crippen molar-refractivity contribution in [2.24, 2.45) is 10.9 Å². The Hall–Kier alpha value is -1.91. The van der Waals surface area contributed by atoms with E-state index >= 15 is 0 Å². The average molecular weight is 565 g/mol. The van der Waals surface area contributed by atoms with Crippen molar-refractivity contribution in [2.75, 3.05) is 64.9 Å². The number of likely N-dealkylation sites (tertiary alicyclic amines) is 1. The maximum atomic E-state index is 5.98. The molecule has 1 atom stereocenters. The Morgan fingerprint density at radius 2 is 1.88 bits per heavy atom. The van der Waals surface area contributed by atoms with Gasteiger partial charge in [0.25, 0.3) is 0 Å². The van der Waals surface area contributed by atoms with Gasteiger partial charge in [0, 0.05) is 70.5 Å². The third-order valence-corrected chi connectivity index (χ3v) is 6.37. The molecule has 0 saturated carbocycles. The number of benzene rings is 1. The number of ether oxygens (including phenoxy) is 1. The van der Waals surface area contributed by atoms with E-state index in [0.29, 0.717) is 12.5 Å². The second kappa shape index (κ2) is 13.1. The van der Waals surface area contributed by atoms with Gasteiger partial charge in [-0.05, 0) is 25.1 Å². The summed E-state index contributed by atoms with van der Waals surface area (Å²) in [6.45, 7) is 8.38. The third-order valence-electron chi connectivity index (χ3n) is 6.37. The Morgan fingerprint density at radius 1 is 1.09 bits per heavy atom. The molecule has 0 radical (unpaired) electrons. The molecule has 1 unspecified atom stereocenters. The van der Waals surface area contributed by atoms with Gasteiger partial charge in [0.2, 0.25) is 0 Å². The molecule has 1 aromatic carbocycles. The Kier molecular flexibility index (Phi) is 10.2. The predicted molar refractivity (Wildman–Crippen MR) is 145 cm³/mol. The summed E-state index contributed by atoms with van der Waals surface area (Å²) in [6.07, 6.45) is 3.03. The fourth-order valence-corrected chi connectivity index (χ4v) is 4.46. The van der Waals surface area contributed by atoms with Crippen molar-refractivity contribution in [1.82, 2.24) is 20.1 Å². The number of aliphatic imine (C=N–C) groups is 1. The van der Waals surface area contributed by atoms with Crippen molar-refractivity contribution in [1.29, 1.82) is 0 Å². The van der Waals surface area contributed by atoms with Crippen LogP contribution in [0.25, 0.3) is 0 Å². The Labute approximate surface area is 215 Å². The Morgan fingerprint density at radius 3 is 2.64 bits per heavy atom. The Bertz CT molecular complexity index is 872. The number of nitrogens with zero attached hydrogens (tertiary/aromatic N) is 5. The van der Waals surface area contributed by atoms with Crippen LogP contribution < -0.4 is 10.2 Å². The maximum absolute atomic E-state index is 5.98. The summed E-state index contributed by atoms with van der Waals surface area (Å²) in [5.41, 5.74) is 2.45. The molecule has 2 aliphatic heterocycles. The molecule has 2 fully saturated rings. The number of piperazine rings is 1. The van der Waals surface area contributed by atoms with Crippen LogP contribution in [0.1, 0.15) is 17.5 Å². The zero-order valence-corrected chi connectivity index (χ0v) is 22.2. The fraction of sp³-hybridized carbons (Fsp3) is 0.520. The number of pyridine rings is 1. The van der Waals surface area contributed by atoms with Crippen LogP contribution in [0.15, 0.2) is 53.7 Å². The monoisotopic (exact) mass is 564 g/mol. The molecule has 33 heavy (non-hydrogen) atoms. The molecular formula is C25H37IN6O. The normalized spacial score (nSPS) is 19.5. The molecule has 0 spiro atoms. The number of guanidine groups is 1. The average Bonchev–Trinajstić information content (AvgIpc) is 3.30. The molecular weight excluding hydrogens is 527 g/mol. The van der Waals surface area contributed by atoms with E-state index in [-0.39, 0.29) is 24.0 Å². The summed E-state index contributed by atoms with van der Waals surface area (Å²) in [7, 11) is 4.05. The first kappa shape index (κ1) is 25.7. The number of nitrogens with one attached hydrogen (secondary N) is 1. The summed E-state index contributed by atoms with van der Waals surface area (Å²) in [4.78, 5) is 16.4. The molecule has 1 aromatic heterocycles. The highest BCUT2D eigenvalue weighted by Crippen LogP contribution is 2.20. The molecule has 2 saturated heterocycles. The first-order valence-electron chi connectivity index (χ1n) is 11.7. The highest BCUT2D eigenvalue weighted by molar-refractivity contribution is 14.0. The molecule has 4 rings (SSSR count). The topological polar surface area (TPSA) is 56.2 Å². The van der Waals surface area contributed by atoms with Crippen molar-refractivity contribution in [3.63, 3.8) is 0 Å². The first-order valence-corrected chi connectivity index (χ1v) is 11.7. The minimum absolute atomic E-state index is 0. The number of aromatic nitrogens is 1. The predicted octanol–water partition coefficient (Wildman–Crippen LogP) is 3.07. The van der Waals surface area contributed by atoms with Gasteiger partial charge in [-0.25, -0.2) is 4.98 Å². The van der Waals surface area contributed by atoms with E-state index in [1.807, 2.05) is 25.4 Å². The lowest BCUT2D eigenvalue weighted by atomic mass is 10.1. The number of anilines is 1. The van der Waals surface area contributed by atoms with Crippen LogP contribution in [0.4, 0.5) is 5.82 Å². The number of hydrogen-bond donors (Lipinski definition) is 1. The number of hydrogen-bond acceptors (Lipinski definition) is 5. The summed E-state index contributed by atoms with van der Waals surface area (Å²) < 4.78 is 5.98. The van der Waals surface area contributed by atoms with E-state index in [1.54, 1.807) is 0 Å². The van der Waals surface area contributed by atoms with Crippen LogP contribution in [0.3, 0.4) is 0 Å². The molecule has 7 nitrogen and oxygen atoms in total. The summed E-state index contributed by atoms with van der Waals surface area (Å²) in [5, 5.41) is 3.58. The molecule has 2 aromatic rings. The van der Waals surface area contributed by atoms with E-state index < -0.39 is 0 Å². The highest BCUT2D eigenvalue weighted by atomic mass is 127. The third kappa shape index (κ3) is 7.28. The standard InChI is InChI=1S/C25H36N6O.HI/c1-26-25(31-12-10-22(18-31)20-32-19-21-7-4-3-5-8-21)28-17-23-9-6-11-27-24(23)30-15-13-29(2)14-16-30;/h3-9,11,22H,10,12-20H2,1-2H3,(H,26,28);1H. The smallest absolute Gasteiger partial charge is 0.193 e. The summed E-state index contributed by atoms with van der Waals surface area (Å²) in [5.74, 6) is 2.59. The fourth-order valence-electron chi connectivity index (χ4n) is 4.46. The van der Waals surface area contributed by atoms with Crippen LogP contribution in [0.5, 0.6) is 0 Å². The van der Waals surface area contributed by atoms with Crippen LogP contribution in [-0.4, -0.2) is 80.7 Å². The molecule has 2 aliphatic rings. The van der Waals surface area contributed by atoms with Crippen LogP contribution in [0, 0.1) is 5.92 Å². The highest BCUT2D eigenvalue weighted by Gasteiger charge is 2.25. The minimum atomic E-state index is 0. The summed E-state index contributed by atoms with van der Waals surface area (Å²) >= 11 is 0. The van der Waals surface area contributed by atoms with Gasteiger partial charge in [-0.15, -0.1) is 24.0 Å². The Balaban J connectivity index is 0.00000306. The number of likely N-dealkylation sites (N-methyl/N-ethyl adjacent to an activating group) is 1. The van der Waals surface area contributed by atoms with Gasteiger partial charge in [0.1, 0.15) is 5.82 Å².